The standard InChI is InChI=1S/C16H13Cl2N3O/c17-13-7-5-12(6-8-13)16(22,9-21-11-19-10-20-21)14-3-1-2-4-15(14)18/h1-8,10-11,22H,9H2. The summed E-state index contributed by atoms with van der Waals surface area (Å²) in [4.78, 5) is 3.92. The fraction of sp³-hybridized carbons (Fsp3) is 0.125. The van der Waals surface area contributed by atoms with Gasteiger partial charge in [0.2, 0.25) is 0 Å². The predicted octanol–water partition coefficient (Wildman–Crippen LogP) is 3.52. The van der Waals surface area contributed by atoms with E-state index in [9.17, 15) is 5.11 Å². The maximum absolute atomic E-state index is 11.4. The molecule has 4 nitrogen and oxygen atoms in total. The second kappa shape index (κ2) is 6.08. The largest absolute Gasteiger partial charge is 0.378 e. The third-order valence-corrected chi connectivity index (χ3v) is 4.08. The first-order valence-electron chi connectivity index (χ1n) is 6.65. The van der Waals surface area contributed by atoms with Gasteiger partial charge in [-0.3, -0.25) is 0 Å². The summed E-state index contributed by atoms with van der Waals surface area (Å²) >= 11 is 12.2. The zero-order valence-corrected chi connectivity index (χ0v) is 13.0. The second-order valence-electron chi connectivity index (χ2n) is 4.94. The minimum Gasteiger partial charge on any atom is -0.378 e. The van der Waals surface area contributed by atoms with Crippen LogP contribution < -0.4 is 0 Å². The van der Waals surface area contributed by atoms with Crippen LogP contribution in [0.1, 0.15) is 11.1 Å². The van der Waals surface area contributed by atoms with Crippen LogP contribution in [0.5, 0.6) is 0 Å². The molecule has 0 spiro atoms. The van der Waals surface area contributed by atoms with Crippen molar-refractivity contribution in [1.29, 1.82) is 0 Å². The van der Waals surface area contributed by atoms with E-state index in [0.29, 0.717) is 21.2 Å². The van der Waals surface area contributed by atoms with Crippen molar-refractivity contribution in [3.8, 4) is 0 Å². The lowest BCUT2D eigenvalue weighted by molar-refractivity contribution is 0.0573. The molecule has 1 heterocycles. The van der Waals surface area contributed by atoms with E-state index in [1.54, 1.807) is 47.4 Å². The van der Waals surface area contributed by atoms with Crippen molar-refractivity contribution < 1.29 is 5.11 Å². The number of rotatable bonds is 4. The maximum Gasteiger partial charge on any atom is 0.137 e. The van der Waals surface area contributed by atoms with Crippen LogP contribution in [-0.4, -0.2) is 19.9 Å². The van der Waals surface area contributed by atoms with E-state index in [0.717, 1.165) is 0 Å². The molecule has 1 N–H and O–H groups in total. The molecular weight excluding hydrogens is 321 g/mol. The Hall–Kier alpha value is -1.88. The second-order valence-corrected chi connectivity index (χ2v) is 5.78. The van der Waals surface area contributed by atoms with E-state index >= 15 is 0 Å². The van der Waals surface area contributed by atoms with Crippen molar-refractivity contribution in [2.45, 2.75) is 12.1 Å². The molecule has 0 aliphatic rings. The number of aromatic nitrogens is 3. The Morgan fingerprint density at radius 2 is 1.77 bits per heavy atom. The Kier molecular flexibility index (Phi) is 4.16. The summed E-state index contributed by atoms with van der Waals surface area (Å²) in [5.41, 5.74) is -0.0496. The molecule has 2 aromatic carbocycles. The van der Waals surface area contributed by atoms with E-state index in [4.69, 9.17) is 23.2 Å². The van der Waals surface area contributed by atoms with Gasteiger partial charge in [0.1, 0.15) is 18.3 Å². The van der Waals surface area contributed by atoms with Crippen molar-refractivity contribution in [2.75, 3.05) is 0 Å². The highest BCUT2D eigenvalue weighted by atomic mass is 35.5. The molecule has 0 saturated carbocycles. The van der Waals surface area contributed by atoms with Gasteiger partial charge in [0.25, 0.3) is 0 Å². The summed E-state index contributed by atoms with van der Waals surface area (Å²) in [6.45, 7) is 0.193. The first-order chi connectivity index (χ1) is 10.6. The van der Waals surface area contributed by atoms with Gasteiger partial charge in [-0.1, -0.05) is 53.5 Å². The molecule has 1 atom stereocenters. The van der Waals surface area contributed by atoms with Crippen molar-refractivity contribution in [1.82, 2.24) is 14.8 Å². The van der Waals surface area contributed by atoms with E-state index < -0.39 is 5.60 Å². The van der Waals surface area contributed by atoms with Crippen LogP contribution in [0.4, 0.5) is 0 Å². The molecule has 0 radical (unpaired) electrons. The summed E-state index contributed by atoms with van der Waals surface area (Å²) in [5.74, 6) is 0. The lowest BCUT2D eigenvalue weighted by Gasteiger charge is -2.30. The van der Waals surface area contributed by atoms with Crippen LogP contribution in [0.25, 0.3) is 0 Å². The molecule has 3 aromatic rings. The zero-order valence-electron chi connectivity index (χ0n) is 11.5. The van der Waals surface area contributed by atoms with Gasteiger partial charge in [-0.2, -0.15) is 5.10 Å². The molecule has 0 amide bonds. The number of nitrogens with zero attached hydrogens (tertiary/aromatic N) is 3. The molecule has 0 fully saturated rings. The summed E-state index contributed by atoms with van der Waals surface area (Å²) in [6.07, 6.45) is 2.98. The molecule has 3 rings (SSSR count). The van der Waals surface area contributed by atoms with Crippen LogP contribution >= 0.6 is 23.2 Å². The third kappa shape index (κ3) is 2.86. The van der Waals surface area contributed by atoms with Crippen molar-refractivity contribution in [3.05, 3.63) is 82.4 Å². The number of benzene rings is 2. The average molecular weight is 334 g/mol. The zero-order chi connectivity index (χ0) is 15.6. The Bertz CT molecular complexity index is 759. The quantitative estimate of drug-likeness (QED) is 0.794. The topological polar surface area (TPSA) is 50.9 Å². The monoisotopic (exact) mass is 333 g/mol. The Balaban J connectivity index is 2.13. The minimum atomic E-state index is -1.34. The molecule has 112 valence electrons. The number of hydrogen-bond acceptors (Lipinski definition) is 3. The van der Waals surface area contributed by atoms with Crippen LogP contribution in [-0.2, 0) is 12.1 Å². The van der Waals surface area contributed by atoms with Gasteiger partial charge in [-0.05, 0) is 23.8 Å². The molecule has 0 saturated heterocycles. The van der Waals surface area contributed by atoms with Gasteiger partial charge in [0.15, 0.2) is 0 Å². The lowest BCUT2D eigenvalue weighted by atomic mass is 9.86. The Morgan fingerprint density at radius 1 is 1.05 bits per heavy atom. The molecule has 1 aromatic heterocycles. The van der Waals surface area contributed by atoms with Gasteiger partial charge in [0.05, 0.1) is 6.54 Å². The van der Waals surface area contributed by atoms with Gasteiger partial charge >= 0.3 is 0 Å². The first kappa shape index (κ1) is 15.0. The fourth-order valence-corrected chi connectivity index (χ4v) is 2.82. The fourth-order valence-electron chi connectivity index (χ4n) is 2.40. The summed E-state index contributed by atoms with van der Waals surface area (Å²) < 4.78 is 1.57. The highest BCUT2D eigenvalue weighted by molar-refractivity contribution is 6.31. The molecule has 0 aliphatic carbocycles. The van der Waals surface area contributed by atoms with Gasteiger partial charge < -0.3 is 5.11 Å². The number of aliphatic hydroxyl groups is 1. The van der Waals surface area contributed by atoms with Gasteiger partial charge in [-0.15, -0.1) is 0 Å². The van der Waals surface area contributed by atoms with Gasteiger partial charge in [-0.25, -0.2) is 9.67 Å². The van der Waals surface area contributed by atoms with Crippen LogP contribution in [0.3, 0.4) is 0 Å². The van der Waals surface area contributed by atoms with Crippen molar-refractivity contribution in [3.63, 3.8) is 0 Å². The van der Waals surface area contributed by atoms with Crippen LogP contribution in [0.15, 0.2) is 61.2 Å². The summed E-state index contributed by atoms with van der Waals surface area (Å²) in [7, 11) is 0. The minimum absolute atomic E-state index is 0.193. The highest BCUT2D eigenvalue weighted by Gasteiger charge is 2.34. The van der Waals surface area contributed by atoms with Gasteiger partial charge in [0, 0.05) is 15.6 Å². The molecular formula is C16H13Cl2N3O. The first-order valence-corrected chi connectivity index (χ1v) is 7.41. The average Bonchev–Trinajstić information content (AvgIpc) is 3.01. The Morgan fingerprint density at radius 3 is 2.41 bits per heavy atom. The normalized spacial score (nSPS) is 13.8. The molecule has 22 heavy (non-hydrogen) atoms. The van der Waals surface area contributed by atoms with Crippen LogP contribution in [0, 0.1) is 0 Å². The summed E-state index contributed by atoms with van der Waals surface area (Å²) in [6, 6.07) is 14.2. The Labute approximate surface area is 138 Å². The molecule has 0 aliphatic heterocycles. The number of halogens is 2. The van der Waals surface area contributed by atoms with E-state index in [1.807, 2.05) is 12.1 Å². The molecule has 6 heteroatoms. The molecule has 0 bridgehead atoms. The summed E-state index contributed by atoms with van der Waals surface area (Å²) in [5, 5.41) is 16.5. The SMILES string of the molecule is OC(Cn1cncn1)(c1ccc(Cl)cc1)c1ccccc1Cl. The van der Waals surface area contributed by atoms with Crippen molar-refractivity contribution in [2.24, 2.45) is 0 Å². The number of hydrogen-bond donors (Lipinski definition) is 1. The third-order valence-electron chi connectivity index (χ3n) is 3.50. The highest BCUT2D eigenvalue weighted by Crippen LogP contribution is 2.36. The van der Waals surface area contributed by atoms with E-state index in [2.05, 4.69) is 10.1 Å². The maximum atomic E-state index is 11.4. The van der Waals surface area contributed by atoms with Crippen molar-refractivity contribution >= 4 is 23.2 Å². The lowest BCUT2D eigenvalue weighted by Crippen LogP contribution is -2.33. The van der Waals surface area contributed by atoms with E-state index in [-0.39, 0.29) is 6.54 Å². The molecule has 1 unspecified atom stereocenters. The van der Waals surface area contributed by atoms with E-state index in [1.165, 1.54) is 6.33 Å². The smallest absolute Gasteiger partial charge is 0.137 e. The van der Waals surface area contributed by atoms with Crippen LogP contribution in [0.2, 0.25) is 10.0 Å². The predicted molar refractivity (Wildman–Crippen MR) is 85.9 cm³/mol.